The van der Waals surface area contributed by atoms with E-state index in [-0.39, 0.29) is 0 Å². The standard InChI is InChI=1S/C46H29NO/c1-2-12-30(13-3-1)36-15-8-10-20-42(36)47(35-25-24-32-27-41-39-18-9-11-21-44(39)48-45(41)29-34(32)26-35)43-28-33-23-22-31-14-4-5-16-37(31)46(33)40-19-7-6-17-38(40)43/h1-29H. The highest BCUT2D eigenvalue weighted by molar-refractivity contribution is 6.24. The first kappa shape index (κ1) is 26.8. The fourth-order valence-corrected chi connectivity index (χ4v) is 7.58. The van der Waals surface area contributed by atoms with E-state index in [1.807, 2.05) is 12.1 Å². The zero-order chi connectivity index (χ0) is 31.6. The molecule has 224 valence electrons. The summed E-state index contributed by atoms with van der Waals surface area (Å²) >= 11 is 0. The molecule has 0 unspecified atom stereocenters. The van der Waals surface area contributed by atoms with Gasteiger partial charge in [0.15, 0.2) is 0 Å². The van der Waals surface area contributed by atoms with Gasteiger partial charge in [-0.3, -0.25) is 0 Å². The molecule has 10 rings (SSSR count). The van der Waals surface area contributed by atoms with Crippen LogP contribution in [0.25, 0.3) is 76.2 Å². The van der Waals surface area contributed by atoms with Crippen molar-refractivity contribution in [2.45, 2.75) is 0 Å². The maximum Gasteiger partial charge on any atom is 0.136 e. The largest absolute Gasteiger partial charge is 0.456 e. The normalized spacial score (nSPS) is 11.8. The molecule has 0 bridgehead atoms. The fourth-order valence-electron chi connectivity index (χ4n) is 7.58. The average molecular weight is 612 g/mol. The number of para-hydroxylation sites is 2. The Kier molecular flexibility index (Phi) is 5.91. The van der Waals surface area contributed by atoms with Crippen LogP contribution in [0.3, 0.4) is 0 Å². The van der Waals surface area contributed by atoms with Crippen molar-refractivity contribution in [2.24, 2.45) is 0 Å². The third kappa shape index (κ3) is 4.13. The van der Waals surface area contributed by atoms with Crippen LogP contribution in [-0.4, -0.2) is 0 Å². The Balaban J connectivity index is 1.29. The van der Waals surface area contributed by atoms with Gasteiger partial charge in [0.05, 0.1) is 11.4 Å². The van der Waals surface area contributed by atoms with Crippen LogP contribution in [-0.2, 0) is 0 Å². The average Bonchev–Trinajstić information content (AvgIpc) is 3.51. The van der Waals surface area contributed by atoms with Crippen LogP contribution in [0.5, 0.6) is 0 Å². The number of anilines is 3. The van der Waals surface area contributed by atoms with Crippen molar-refractivity contribution >= 4 is 82.1 Å². The highest BCUT2D eigenvalue weighted by Crippen LogP contribution is 2.47. The molecule has 2 nitrogen and oxygen atoms in total. The smallest absolute Gasteiger partial charge is 0.136 e. The van der Waals surface area contributed by atoms with Gasteiger partial charge in [0, 0.05) is 27.4 Å². The monoisotopic (exact) mass is 611 g/mol. The molecule has 0 aliphatic carbocycles. The number of furan rings is 1. The first-order valence-corrected chi connectivity index (χ1v) is 16.4. The summed E-state index contributed by atoms with van der Waals surface area (Å²) in [5, 5.41) is 12.1. The number of rotatable bonds is 4. The zero-order valence-corrected chi connectivity index (χ0v) is 26.1. The summed E-state index contributed by atoms with van der Waals surface area (Å²) in [5.74, 6) is 0. The third-order valence-electron chi connectivity index (χ3n) is 9.77. The molecule has 0 aliphatic rings. The molecule has 0 aliphatic heterocycles. The van der Waals surface area contributed by atoms with Crippen molar-refractivity contribution in [3.05, 3.63) is 176 Å². The van der Waals surface area contributed by atoms with E-state index in [0.717, 1.165) is 44.4 Å². The molecule has 9 aromatic carbocycles. The molecule has 2 heteroatoms. The van der Waals surface area contributed by atoms with E-state index >= 15 is 0 Å². The lowest BCUT2D eigenvalue weighted by Crippen LogP contribution is -2.12. The van der Waals surface area contributed by atoms with Crippen LogP contribution in [0.15, 0.2) is 180 Å². The fraction of sp³-hybridized carbons (Fsp3) is 0. The molecule has 0 N–H and O–H groups in total. The lowest BCUT2D eigenvalue weighted by Gasteiger charge is -2.30. The Morgan fingerprint density at radius 2 is 1.04 bits per heavy atom. The quantitative estimate of drug-likeness (QED) is 0.184. The van der Waals surface area contributed by atoms with Crippen molar-refractivity contribution in [2.75, 3.05) is 4.90 Å². The van der Waals surface area contributed by atoms with E-state index in [2.05, 4.69) is 169 Å². The summed E-state index contributed by atoms with van der Waals surface area (Å²) in [6, 6.07) is 63.4. The maximum atomic E-state index is 6.33. The molecule has 0 spiro atoms. The minimum atomic E-state index is 0.903. The van der Waals surface area contributed by atoms with Gasteiger partial charge in [-0.25, -0.2) is 0 Å². The summed E-state index contributed by atoms with van der Waals surface area (Å²) in [4.78, 5) is 2.45. The predicted molar refractivity (Wildman–Crippen MR) is 204 cm³/mol. The Morgan fingerprint density at radius 3 is 1.94 bits per heavy atom. The summed E-state index contributed by atoms with van der Waals surface area (Å²) < 4.78 is 6.33. The molecule has 1 aromatic heterocycles. The van der Waals surface area contributed by atoms with Crippen LogP contribution < -0.4 is 4.90 Å². The second-order valence-electron chi connectivity index (χ2n) is 12.5. The van der Waals surface area contributed by atoms with E-state index in [1.54, 1.807) is 0 Å². The van der Waals surface area contributed by atoms with E-state index < -0.39 is 0 Å². The van der Waals surface area contributed by atoms with E-state index in [0.29, 0.717) is 0 Å². The van der Waals surface area contributed by atoms with Crippen molar-refractivity contribution in [3.63, 3.8) is 0 Å². The van der Waals surface area contributed by atoms with Gasteiger partial charge in [-0.1, -0.05) is 133 Å². The molecule has 0 atom stereocenters. The van der Waals surface area contributed by atoms with Crippen molar-refractivity contribution in [1.29, 1.82) is 0 Å². The third-order valence-corrected chi connectivity index (χ3v) is 9.77. The van der Waals surface area contributed by atoms with E-state index in [4.69, 9.17) is 4.42 Å². The van der Waals surface area contributed by atoms with Gasteiger partial charge >= 0.3 is 0 Å². The molecule has 1 heterocycles. The van der Waals surface area contributed by atoms with Gasteiger partial charge in [0.1, 0.15) is 11.2 Å². The summed E-state index contributed by atoms with van der Waals surface area (Å²) in [7, 11) is 0. The first-order valence-electron chi connectivity index (χ1n) is 16.4. The van der Waals surface area contributed by atoms with Gasteiger partial charge in [-0.15, -0.1) is 0 Å². The molecular weight excluding hydrogens is 583 g/mol. The van der Waals surface area contributed by atoms with Gasteiger partial charge in [0.2, 0.25) is 0 Å². The van der Waals surface area contributed by atoms with Crippen LogP contribution in [0.1, 0.15) is 0 Å². The Morgan fingerprint density at radius 1 is 0.354 bits per heavy atom. The molecule has 0 saturated carbocycles. The SMILES string of the molecule is c1ccc(-c2ccccc2N(c2ccc3cc4c(cc3c2)oc2ccccc24)c2cc3ccc4ccccc4c3c3ccccc23)cc1. The van der Waals surface area contributed by atoms with Crippen LogP contribution in [0.4, 0.5) is 17.1 Å². The summed E-state index contributed by atoms with van der Waals surface area (Å²) in [6.45, 7) is 0. The molecule has 10 aromatic rings. The number of nitrogens with zero attached hydrogens (tertiary/aromatic N) is 1. The molecule has 0 radical (unpaired) electrons. The summed E-state index contributed by atoms with van der Waals surface area (Å²) in [6.07, 6.45) is 0. The number of benzene rings is 9. The molecular formula is C46H29NO. The number of fused-ring (bicyclic) bond motifs is 9. The predicted octanol–water partition coefficient (Wildman–Crippen LogP) is 13.3. The zero-order valence-electron chi connectivity index (χ0n) is 26.1. The molecule has 48 heavy (non-hydrogen) atoms. The van der Waals surface area contributed by atoms with Crippen molar-refractivity contribution in [1.82, 2.24) is 0 Å². The lowest BCUT2D eigenvalue weighted by atomic mass is 9.94. The highest BCUT2D eigenvalue weighted by Gasteiger charge is 2.21. The van der Waals surface area contributed by atoms with E-state index in [1.165, 1.54) is 48.8 Å². The number of hydrogen-bond donors (Lipinski definition) is 0. The van der Waals surface area contributed by atoms with Gasteiger partial charge < -0.3 is 9.32 Å². The van der Waals surface area contributed by atoms with Crippen molar-refractivity contribution < 1.29 is 4.42 Å². The molecule has 0 amide bonds. The molecule has 0 saturated heterocycles. The Bertz CT molecular complexity index is 2850. The first-order chi connectivity index (χ1) is 23.8. The van der Waals surface area contributed by atoms with Gasteiger partial charge in [-0.2, -0.15) is 0 Å². The lowest BCUT2D eigenvalue weighted by molar-refractivity contribution is 0.669. The summed E-state index contributed by atoms with van der Waals surface area (Å²) in [5.41, 5.74) is 7.52. The van der Waals surface area contributed by atoms with E-state index in [9.17, 15) is 0 Å². The van der Waals surface area contributed by atoms with Crippen LogP contribution >= 0.6 is 0 Å². The second kappa shape index (κ2) is 10.6. The second-order valence-corrected chi connectivity index (χ2v) is 12.5. The van der Waals surface area contributed by atoms with Crippen molar-refractivity contribution in [3.8, 4) is 11.1 Å². The maximum absolute atomic E-state index is 6.33. The van der Waals surface area contributed by atoms with Gasteiger partial charge in [0.25, 0.3) is 0 Å². The van der Waals surface area contributed by atoms with Crippen LogP contribution in [0, 0.1) is 0 Å². The highest BCUT2D eigenvalue weighted by atomic mass is 16.3. The Hall–Kier alpha value is -6.38. The minimum Gasteiger partial charge on any atom is -0.456 e. The topological polar surface area (TPSA) is 16.4 Å². The van der Waals surface area contributed by atoms with Crippen LogP contribution in [0.2, 0.25) is 0 Å². The van der Waals surface area contributed by atoms with Gasteiger partial charge in [-0.05, 0) is 85.7 Å². The Labute approximate surface area is 277 Å². The number of hydrogen-bond acceptors (Lipinski definition) is 2. The minimum absolute atomic E-state index is 0.903. The molecule has 0 fully saturated rings.